The van der Waals surface area contributed by atoms with Crippen LogP contribution >= 0.6 is 31.9 Å². The van der Waals surface area contributed by atoms with Crippen LogP contribution in [-0.4, -0.2) is 55.7 Å². The lowest BCUT2D eigenvalue weighted by molar-refractivity contribution is -0.384. The molecule has 0 spiro atoms. The van der Waals surface area contributed by atoms with Crippen molar-refractivity contribution in [1.29, 1.82) is 0 Å². The highest BCUT2D eigenvalue weighted by molar-refractivity contribution is 9.12. The van der Waals surface area contributed by atoms with Crippen molar-refractivity contribution in [2.45, 2.75) is 36.0 Å². The van der Waals surface area contributed by atoms with Gasteiger partial charge in [0.15, 0.2) is 12.4 Å². The van der Waals surface area contributed by atoms with E-state index in [9.17, 15) is 29.3 Å². The number of Topliss-reactive ketones (excluding diaryl/α,β-unsaturated/α-hetero) is 1. The number of benzene rings is 1. The van der Waals surface area contributed by atoms with E-state index in [1.54, 1.807) is 13.8 Å². The summed E-state index contributed by atoms with van der Waals surface area (Å²) in [5.74, 6) is -3.31. The smallest absolute Gasteiger partial charge is 0.330 e. The summed E-state index contributed by atoms with van der Waals surface area (Å²) >= 11 is 7.28. The Kier molecular flexibility index (Phi) is 6.47. The number of imide groups is 1. The standard InChI is InChI=1S/C22H22Br2N2O7/c1-9(2)19(22(30)33-8-14(27)10-3-5-11(6-4-10)26(31)32)25-20(28)15-12-7-13(16(15)21(25)29)18(24)17(12)23/h3-6,9,12-13,15-19H,7-8H2,1-2H3/t12-,13-,15-,16-,17+,18+,19-/m1/s1. The van der Waals surface area contributed by atoms with Crippen molar-refractivity contribution in [3.05, 3.63) is 39.9 Å². The van der Waals surface area contributed by atoms with Crippen LogP contribution in [0.2, 0.25) is 0 Å². The molecule has 3 fully saturated rings. The summed E-state index contributed by atoms with van der Waals surface area (Å²) in [6.45, 7) is 2.84. The first-order chi connectivity index (χ1) is 15.5. The van der Waals surface area contributed by atoms with Crippen LogP contribution in [0, 0.1) is 39.7 Å². The number of hydrogen-bond donors (Lipinski definition) is 0. The van der Waals surface area contributed by atoms with E-state index in [1.807, 2.05) is 0 Å². The van der Waals surface area contributed by atoms with Crippen molar-refractivity contribution in [2.24, 2.45) is 29.6 Å². The second kappa shape index (κ2) is 8.90. The number of ether oxygens (including phenoxy) is 1. The van der Waals surface area contributed by atoms with Gasteiger partial charge >= 0.3 is 5.97 Å². The largest absolute Gasteiger partial charge is 0.456 e. The molecule has 2 aliphatic carbocycles. The number of alkyl halides is 2. The van der Waals surface area contributed by atoms with Gasteiger partial charge in [0.2, 0.25) is 11.8 Å². The van der Waals surface area contributed by atoms with E-state index in [4.69, 9.17) is 4.74 Å². The van der Waals surface area contributed by atoms with Crippen LogP contribution in [0.15, 0.2) is 24.3 Å². The van der Waals surface area contributed by atoms with Gasteiger partial charge in [-0.3, -0.25) is 29.4 Å². The monoisotopic (exact) mass is 584 g/mol. The van der Waals surface area contributed by atoms with Gasteiger partial charge in [-0.25, -0.2) is 4.79 Å². The Morgan fingerprint density at radius 3 is 2.06 bits per heavy atom. The summed E-state index contributed by atoms with van der Waals surface area (Å²) in [7, 11) is 0. The second-order valence-electron chi connectivity index (χ2n) is 9.07. The normalized spacial score (nSPS) is 31.1. The number of likely N-dealkylation sites (tertiary alicyclic amines) is 1. The number of esters is 1. The van der Waals surface area contributed by atoms with Gasteiger partial charge in [-0.15, -0.1) is 0 Å². The molecule has 176 valence electrons. The summed E-state index contributed by atoms with van der Waals surface area (Å²) in [6, 6.07) is 3.82. The highest BCUT2D eigenvalue weighted by Crippen LogP contribution is 2.60. The van der Waals surface area contributed by atoms with E-state index in [0.717, 1.165) is 11.3 Å². The zero-order valence-electron chi connectivity index (χ0n) is 17.9. The number of rotatable bonds is 7. The lowest BCUT2D eigenvalue weighted by Gasteiger charge is -2.28. The minimum Gasteiger partial charge on any atom is -0.456 e. The van der Waals surface area contributed by atoms with Crippen LogP contribution in [0.3, 0.4) is 0 Å². The first-order valence-corrected chi connectivity index (χ1v) is 12.5. The minimum atomic E-state index is -1.12. The van der Waals surface area contributed by atoms with E-state index < -0.39 is 47.1 Å². The number of nitro benzene ring substituents is 1. The maximum atomic E-state index is 13.3. The van der Waals surface area contributed by atoms with E-state index in [1.165, 1.54) is 24.3 Å². The van der Waals surface area contributed by atoms with Crippen molar-refractivity contribution in [2.75, 3.05) is 6.61 Å². The number of hydrogen-bond acceptors (Lipinski definition) is 7. The summed E-state index contributed by atoms with van der Waals surface area (Å²) in [5.41, 5.74) is -0.00826. The lowest BCUT2D eigenvalue weighted by Crippen LogP contribution is -2.50. The second-order valence-corrected chi connectivity index (χ2v) is 11.2. The zero-order chi connectivity index (χ0) is 24.2. The Labute approximate surface area is 206 Å². The number of fused-ring (bicyclic) bond motifs is 5. The molecule has 2 amide bonds. The molecule has 0 N–H and O–H groups in total. The van der Waals surface area contributed by atoms with Gasteiger partial charge in [0, 0.05) is 27.4 Å². The van der Waals surface area contributed by atoms with Gasteiger partial charge < -0.3 is 4.74 Å². The number of nitrogens with zero attached hydrogens (tertiary/aromatic N) is 2. The summed E-state index contributed by atoms with van der Waals surface area (Å²) in [5, 5.41) is 10.8. The maximum Gasteiger partial charge on any atom is 0.330 e. The molecule has 0 radical (unpaired) electrons. The predicted octanol–water partition coefficient (Wildman–Crippen LogP) is 3.12. The van der Waals surface area contributed by atoms with Gasteiger partial charge in [-0.1, -0.05) is 45.7 Å². The Balaban J connectivity index is 1.47. The number of carbonyl (C=O) groups is 4. The molecule has 1 heterocycles. The van der Waals surface area contributed by atoms with Gasteiger partial charge in [-0.2, -0.15) is 0 Å². The van der Waals surface area contributed by atoms with Crippen LogP contribution in [0.4, 0.5) is 5.69 Å². The van der Waals surface area contributed by atoms with Crippen LogP contribution in [0.1, 0.15) is 30.6 Å². The van der Waals surface area contributed by atoms with Crippen LogP contribution in [0.5, 0.6) is 0 Å². The molecular weight excluding hydrogens is 564 g/mol. The maximum absolute atomic E-state index is 13.3. The van der Waals surface area contributed by atoms with Crippen molar-refractivity contribution in [3.8, 4) is 0 Å². The Bertz CT molecular complexity index is 996. The molecule has 9 nitrogen and oxygen atoms in total. The molecule has 1 aromatic carbocycles. The molecule has 2 saturated carbocycles. The van der Waals surface area contributed by atoms with Crippen LogP contribution in [-0.2, 0) is 19.1 Å². The van der Waals surface area contributed by atoms with E-state index in [2.05, 4.69) is 31.9 Å². The number of halogens is 2. The fraction of sp³-hybridized carbons (Fsp3) is 0.545. The molecule has 2 bridgehead atoms. The molecule has 33 heavy (non-hydrogen) atoms. The molecule has 1 saturated heterocycles. The molecule has 11 heteroatoms. The predicted molar refractivity (Wildman–Crippen MR) is 123 cm³/mol. The first kappa shape index (κ1) is 24.0. The number of non-ortho nitro benzene ring substituents is 1. The third-order valence-electron chi connectivity index (χ3n) is 6.92. The third-order valence-corrected chi connectivity index (χ3v) is 10.1. The van der Waals surface area contributed by atoms with Gasteiger partial charge in [0.1, 0.15) is 6.04 Å². The molecule has 1 aliphatic heterocycles. The topological polar surface area (TPSA) is 124 Å². The fourth-order valence-electron chi connectivity index (χ4n) is 5.40. The van der Waals surface area contributed by atoms with Crippen molar-refractivity contribution >= 4 is 61.1 Å². The van der Waals surface area contributed by atoms with Crippen molar-refractivity contribution in [1.82, 2.24) is 4.90 Å². The molecule has 4 rings (SSSR count). The quantitative estimate of drug-likeness (QED) is 0.120. The number of ketones is 1. The SMILES string of the molecule is CC(C)[C@H](C(=O)OCC(=O)c1ccc([N+](=O)[O-])cc1)N1C(=O)[C@@H]2[C@H]3C[C@@H]([C@H](Br)[C@H]3Br)[C@H]2C1=O. The Hall–Kier alpha value is -2.14. The van der Waals surface area contributed by atoms with Crippen LogP contribution in [0.25, 0.3) is 0 Å². The molecule has 1 aromatic rings. The summed E-state index contributed by atoms with van der Waals surface area (Å²) in [6.07, 6.45) is 0.785. The van der Waals surface area contributed by atoms with Crippen molar-refractivity contribution in [3.63, 3.8) is 0 Å². The molecule has 0 aromatic heterocycles. The van der Waals surface area contributed by atoms with Crippen molar-refractivity contribution < 1.29 is 28.8 Å². The van der Waals surface area contributed by atoms with Gasteiger partial charge in [0.05, 0.1) is 16.8 Å². The number of carbonyl (C=O) groups excluding carboxylic acids is 4. The van der Waals surface area contributed by atoms with Gasteiger partial charge in [-0.05, 0) is 36.3 Å². The Morgan fingerprint density at radius 1 is 1.09 bits per heavy atom. The fourth-order valence-corrected chi connectivity index (χ4v) is 7.27. The Morgan fingerprint density at radius 2 is 1.61 bits per heavy atom. The molecule has 0 unspecified atom stereocenters. The van der Waals surface area contributed by atoms with Crippen LogP contribution < -0.4 is 0 Å². The van der Waals surface area contributed by atoms with E-state index >= 15 is 0 Å². The molecule has 7 atom stereocenters. The minimum absolute atomic E-state index is 0.0263. The first-order valence-electron chi connectivity index (χ1n) is 10.6. The summed E-state index contributed by atoms with van der Waals surface area (Å²) in [4.78, 5) is 63.3. The van der Waals surface area contributed by atoms with E-state index in [0.29, 0.717) is 0 Å². The summed E-state index contributed by atoms with van der Waals surface area (Å²) < 4.78 is 5.22. The average Bonchev–Trinajstić information content (AvgIpc) is 3.38. The van der Waals surface area contributed by atoms with E-state index in [-0.39, 0.29) is 44.6 Å². The zero-order valence-corrected chi connectivity index (χ0v) is 21.0. The molecular formula is C22H22Br2N2O7. The molecule has 3 aliphatic rings. The highest BCUT2D eigenvalue weighted by atomic mass is 79.9. The highest BCUT2D eigenvalue weighted by Gasteiger charge is 2.67. The van der Waals surface area contributed by atoms with Gasteiger partial charge in [0.25, 0.3) is 5.69 Å². The lowest BCUT2D eigenvalue weighted by atomic mass is 9.81. The third kappa shape index (κ3) is 3.92. The average molecular weight is 586 g/mol. The number of amides is 2. The number of nitro groups is 1.